The summed E-state index contributed by atoms with van der Waals surface area (Å²) in [5, 5.41) is 14.7. The molecule has 7 heteroatoms. The highest BCUT2D eigenvalue weighted by atomic mass is 19.1. The fraction of sp³-hybridized carbons (Fsp3) is 0.190. The van der Waals surface area contributed by atoms with E-state index < -0.39 is 23.0 Å². The van der Waals surface area contributed by atoms with Gasteiger partial charge in [0.25, 0.3) is 11.5 Å². The molecule has 144 valence electrons. The van der Waals surface area contributed by atoms with E-state index >= 15 is 0 Å². The predicted octanol–water partition coefficient (Wildman–Crippen LogP) is 3.41. The number of aromatic nitrogens is 1. The van der Waals surface area contributed by atoms with Gasteiger partial charge in [0.1, 0.15) is 5.82 Å². The van der Waals surface area contributed by atoms with Gasteiger partial charge in [-0.2, -0.15) is 5.10 Å². The van der Waals surface area contributed by atoms with E-state index in [4.69, 9.17) is 0 Å². The number of hydrogen-bond acceptors (Lipinski definition) is 4. The average Bonchev–Trinajstić information content (AvgIpc) is 2.68. The second-order valence-electron chi connectivity index (χ2n) is 6.31. The molecule has 3 aromatic rings. The number of para-hydroxylation sites is 1. The number of benzene rings is 2. The zero-order valence-electron chi connectivity index (χ0n) is 15.4. The lowest BCUT2D eigenvalue weighted by molar-refractivity contribution is 0.0954. The number of amides is 1. The summed E-state index contributed by atoms with van der Waals surface area (Å²) in [5.74, 6) is -1.76. The van der Waals surface area contributed by atoms with Crippen molar-refractivity contribution in [1.82, 2.24) is 9.99 Å². The Morgan fingerprint density at radius 1 is 1.25 bits per heavy atom. The molecule has 0 saturated heterocycles. The Balaban J connectivity index is 1.97. The summed E-state index contributed by atoms with van der Waals surface area (Å²) in [6.45, 7) is 2.45. The number of carbonyl (C=O) groups is 1. The van der Waals surface area contributed by atoms with E-state index in [1.54, 1.807) is 30.3 Å². The molecule has 2 aromatic carbocycles. The first-order valence-corrected chi connectivity index (χ1v) is 8.96. The Bertz CT molecular complexity index is 1110. The second kappa shape index (κ2) is 8.47. The molecule has 0 atom stereocenters. The van der Waals surface area contributed by atoms with Crippen LogP contribution in [0.1, 0.15) is 35.7 Å². The molecule has 0 fully saturated rings. The number of pyridine rings is 1. The van der Waals surface area contributed by atoms with Crippen LogP contribution in [-0.4, -0.2) is 21.8 Å². The van der Waals surface area contributed by atoms with Gasteiger partial charge in [0.15, 0.2) is 5.75 Å². The molecule has 0 radical (unpaired) electrons. The standard InChI is InChI=1S/C21H20FN3O3/c1-2-3-11-25-17-10-5-4-9-16(17)18(19(26)21(25)28)20(27)24-23-13-14-7-6-8-15(22)12-14/h4-10,12-13,26H,2-3,11H2,1H3,(H,24,27)/b23-13+. The number of hydrogen-bond donors (Lipinski definition) is 2. The monoisotopic (exact) mass is 381 g/mol. The summed E-state index contributed by atoms with van der Waals surface area (Å²) < 4.78 is 14.7. The molecule has 0 aliphatic heterocycles. The van der Waals surface area contributed by atoms with Crippen LogP contribution in [-0.2, 0) is 6.54 Å². The summed E-state index contributed by atoms with van der Waals surface area (Å²) in [6.07, 6.45) is 2.94. The van der Waals surface area contributed by atoms with E-state index in [0.717, 1.165) is 12.8 Å². The van der Waals surface area contributed by atoms with Crippen LogP contribution in [0, 0.1) is 5.82 Å². The van der Waals surface area contributed by atoms with Crippen molar-refractivity contribution in [1.29, 1.82) is 0 Å². The SMILES string of the molecule is CCCCn1c(=O)c(O)c(C(=O)N/N=C/c2cccc(F)c2)c2ccccc21. The van der Waals surface area contributed by atoms with Gasteiger partial charge < -0.3 is 9.67 Å². The smallest absolute Gasteiger partial charge is 0.293 e. The van der Waals surface area contributed by atoms with Crippen molar-refractivity contribution < 1.29 is 14.3 Å². The fourth-order valence-corrected chi connectivity index (χ4v) is 2.97. The van der Waals surface area contributed by atoms with Crippen LogP contribution >= 0.6 is 0 Å². The van der Waals surface area contributed by atoms with Gasteiger partial charge in [0, 0.05) is 11.9 Å². The van der Waals surface area contributed by atoms with Crippen LogP contribution in [0.5, 0.6) is 5.75 Å². The Kier molecular flexibility index (Phi) is 5.84. The third-order valence-corrected chi connectivity index (χ3v) is 4.34. The number of nitrogens with zero attached hydrogens (tertiary/aromatic N) is 2. The van der Waals surface area contributed by atoms with E-state index in [1.165, 1.54) is 29.0 Å². The molecule has 0 bridgehead atoms. The lowest BCUT2D eigenvalue weighted by atomic mass is 10.1. The molecule has 28 heavy (non-hydrogen) atoms. The van der Waals surface area contributed by atoms with Crippen molar-refractivity contribution >= 4 is 23.0 Å². The summed E-state index contributed by atoms with van der Waals surface area (Å²) >= 11 is 0. The molecule has 1 heterocycles. The molecular weight excluding hydrogens is 361 g/mol. The number of aromatic hydroxyl groups is 1. The highest BCUT2D eigenvalue weighted by Crippen LogP contribution is 2.24. The minimum atomic E-state index is -0.721. The molecule has 0 aliphatic rings. The number of unbranched alkanes of at least 4 members (excludes halogenated alkanes) is 1. The van der Waals surface area contributed by atoms with Gasteiger partial charge in [-0.05, 0) is 30.2 Å². The number of fused-ring (bicyclic) bond motifs is 1. The maximum Gasteiger partial charge on any atom is 0.293 e. The van der Waals surface area contributed by atoms with Gasteiger partial charge in [-0.15, -0.1) is 0 Å². The molecule has 6 nitrogen and oxygen atoms in total. The predicted molar refractivity (Wildman–Crippen MR) is 106 cm³/mol. The third kappa shape index (κ3) is 3.93. The first kappa shape index (κ1) is 19.3. The average molecular weight is 381 g/mol. The molecule has 3 rings (SSSR count). The van der Waals surface area contributed by atoms with E-state index in [0.29, 0.717) is 23.0 Å². The van der Waals surface area contributed by atoms with Crippen molar-refractivity contribution in [2.75, 3.05) is 0 Å². The van der Waals surface area contributed by atoms with Crippen molar-refractivity contribution in [3.05, 3.63) is 75.8 Å². The summed E-state index contributed by atoms with van der Waals surface area (Å²) in [5.41, 5.74) is 2.57. The van der Waals surface area contributed by atoms with Crippen LogP contribution in [0.15, 0.2) is 58.4 Å². The van der Waals surface area contributed by atoms with E-state index in [1.807, 2.05) is 6.92 Å². The first-order chi connectivity index (χ1) is 13.5. The Hall–Kier alpha value is -3.48. The number of hydrazone groups is 1. The van der Waals surface area contributed by atoms with Crippen molar-refractivity contribution in [2.45, 2.75) is 26.3 Å². The number of aryl methyl sites for hydroxylation is 1. The quantitative estimate of drug-likeness (QED) is 0.507. The van der Waals surface area contributed by atoms with Gasteiger partial charge >= 0.3 is 0 Å². The van der Waals surface area contributed by atoms with Crippen LogP contribution in [0.3, 0.4) is 0 Å². The molecule has 0 spiro atoms. The van der Waals surface area contributed by atoms with Gasteiger partial charge in [-0.3, -0.25) is 9.59 Å². The molecule has 0 aliphatic carbocycles. The zero-order valence-corrected chi connectivity index (χ0v) is 15.4. The van der Waals surface area contributed by atoms with Crippen LogP contribution < -0.4 is 11.0 Å². The molecular formula is C21H20FN3O3. The molecule has 0 saturated carbocycles. The number of halogens is 1. The maximum atomic E-state index is 13.2. The van der Waals surface area contributed by atoms with Crippen LogP contribution in [0.2, 0.25) is 0 Å². The van der Waals surface area contributed by atoms with Crippen LogP contribution in [0.25, 0.3) is 10.9 Å². The topological polar surface area (TPSA) is 83.7 Å². The highest BCUT2D eigenvalue weighted by Gasteiger charge is 2.21. The lowest BCUT2D eigenvalue weighted by Gasteiger charge is -2.14. The molecule has 2 N–H and O–H groups in total. The van der Waals surface area contributed by atoms with Gasteiger partial charge in [0.05, 0.1) is 17.3 Å². The number of carbonyl (C=O) groups excluding carboxylic acids is 1. The molecule has 0 unspecified atom stereocenters. The van der Waals surface area contributed by atoms with Crippen LogP contribution in [0.4, 0.5) is 4.39 Å². The zero-order chi connectivity index (χ0) is 20.1. The number of rotatable bonds is 6. The lowest BCUT2D eigenvalue weighted by Crippen LogP contribution is -2.26. The highest BCUT2D eigenvalue weighted by molar-refractivity contribution is 6.08. The van der Waals surface area contributed by atoms with Gasteiger partial charge in [-0.1, -0.05) is 43.7 Å². The van der Waals surface area contributed by atoms with E-state index in [9.17, 15) is 19.1 Å². The van der Waals surface area contributed by atoms with E-state index in [-0.39, 0.29) is 5.56 Å². The number of nitrogens with one attached hydrogen (secondary N) is 1. The summed E-state index contributed by atoms with van der Waals surface area (Å²) in [4.78, 5) is 25.2. The minimum Gasteiger partial charge on any atom is -0.502 e. The molecule has 1 amide bonds. The van der Waals surface area contributed by atoms with Crippen molar-refractivity contribution in [3.8, 4) is 5.75 Å². The maximum absolute atomic E-state index is 13.2. The largest absolute Gasteiger partial charge is 0.502 e. The first-order valence-electron chi connectivity index (χ1n) is 8.96. The second-order valence-corrected chi connectivity index (χ2v) is 6.31. The van der Waals surface area contributed by atoms with Crippen molar-refractivity contribution in [2.24, 2.45) is 5.10 Å². The summed E-state index contributed by atoms with van der Waals surface area (Å²) in [7, 11) is 0. The van der Waals surface area contributed by atoms with Gasteiger partial charge in [0.2, 0.25) is 0 Å². The molecule has 1 aromatic heterocycles. The summed E-state index contributed by atoms with van der Waals surface area (Å²) in [6, 6.07) is 12.6. The van der Waals surface area contributed by atoms with E-state index in [2.05, 4.69) is 10.5 Å². The third-order valence-electron chi connectivity index (χ3n) is 4.34. The Morgan fingerprint density at radius 2 is 2.04 bits per heavy atom. The van der Waals surface area contributed by atoms with Gasteiger partial charge in [-0.25, -0.2) is 9.82 Å². The Morgan fingerprint density at radius 3 is 2.79 bits per heavy atom. The fourth-order valence-electron chi connectivity index (χ4n) is 2.97. The Labute approximate surface area is 160 Å². The van der Waals surface area contributed by atoms with Crippen molar-refractivity contribution in [3.63, 3.8) is 0 Å². The minimum absolute atomic E-state index is 0.134. The normalized spacial score (nSPS) is 11.2.